The van der Waals surface area contributed by atoms with E-state index < -0.39 is 10.0 Å². The number of nitrogens with two attached hydrogens (primary N) is 1. The molecule has 0 aliphatic rings. The lowest BCUT2D eigenvalue weighted by molar-refractivity contribution is 0.0962. The molecule has 0 spiro atoms. The molecule has 3 rings (SSSR count). The Bertz CT molecular complexity index is 1220. The van der Waals surface area contributed by atoms with Crippen LogP contribution in [0, 0.1) is 0 Å². The van der Waals surface area contributed by atoms with E-state index in [1.165, 1.54) is 22.8 Å². The topological polar surface area (TPSA) is 142 Å². The summed E-state index contributed by atoms with van der Waals surface area (Å²) in [6.45, 7) is 4.37. The van der Waals surface area contributed by atoms with Gasteiger partial charge >= 0.3 is 0 Å². The summed E-state index contributed by atoms with van der Waals surface area (Å²) in [4.78, 5) is 20.7. The molecule has 0 saturated carbocycles. The fourth-order valence-corrected chi connectivity index (χ4v) is 4.67. The summed E-state index contributed by atoms with van der Waals surface area (Å²) in [5, 5.41) is 3.03. The van der Waals surface area contributed by atoms with Crippen LogP contribution in [0.1, 0.15) is 24.2 Å². The van der Waals surface area contributed by atoms with Crippen LogP contribution in [0.25, 0.3) is 0 Å². The minimum absolute atomic E-state index is 0.174. The molecule has 0 aliphatic carbocycles. The third kappa shape index (κ3) is 5.78. The van der Waals surface area contributed by atoms with E-state index in [9.17, 15) is 13.2 Å². The Morgan fingerprint density at radius 1 is 1.00 bits per heavy atom. The van der Waals surface area contributed by atoms with Crippen LogP contribution in [-0.2, 0) is 10.0 Å². The molecule has 1 amide bonds. The summed E-state index contributed by atoms with van der Waals surface area (Å²) < 4.78 is 27.5. The maximum Gasteiger partial charge on any atom is 0.269 e. The first-order valence-corrected chi connectivity index (χ1v) is 12.3. The Hall–Kier alpha value is -3.22. The number of benzene rings is 2. The van der Waals surface area contributed by atoms with Crippen LogP contribution < -0.4 is 21.9 Å². The van der Waals surface area contributed by atoms with Crippen molar-refractivity contribution in [3.05, 3.63) is 64.9 Å². The Morgan fingerprint density at radius 2 is 1.61 bits per heavy atom. The zero-order valence-electron chi connectivity index (χ0n) is 18.0. The maximum atomic E-state index is 12.6. The van der Waals surface area contributed by atoms with E-state index in [-0.39, 0.29) is 22.3 Å². The quantitative estimate of drug-likeness (QED) is 0.306. The molecular formula is C21H24BrN7O3S. The van der Waals surface area contributed by atoms with Gasteiger partial charge in [-0.2, -0.15) is 4.31 Å². The third-order valence-electron chi connectivity index (χ3n) is 4.74. The average molecular weight is 534 g/mol. The molecular weight excluding hydrogens is 510 g/mol. The molecule has 33 heavy (non-hydrogen) atoms. The number of hydrazine groups is 1. The lowest BCUT2D eigenvalue weighted by Crippen LogP contribution is -2.30. The second kappa shape index (κ2) is 10.6. The standard InChI is InChI=1S/C21H24BrN7O3S/c1-3-29(4-2)33(31,32)17-11-9-16(10-12-17)26-19-18(23)20(25-13-24-19)27-28-21(30)14-5-7-15(22)8-6-14/h5-13H,3-4,23H2,1-2H3,(H,28,30)(H2,24,25,26,27). The highest BCUT2D eigenvalue weighted by Gasteiger charge is 2.21. The zero-order valence-corrected chi connectivity index (χ0v) is 20.4. The molecule has 0 saturated heterocycles. The van der Waals surface area contributed by atoms with Crippen molar-refractivity contribution in [3.8, 4) is 0 Å². The summed E-state index contributed by atoms with van der Waals surface area (Å²) in [6.07, 6.45) is 1.28. The van der Waals surface area contributed by atoms with E-state index >= 15 is 0 Å². The Morgan fingerprint density at radius 3 is 2.21 bits per heavy atom. The molecule has 1 heterocycles. The van der Waals surface area contributed by atoms with Crippen molar-refractivity contribution in [1.29, 1.82) is 0 Å². The molecule has 12 heteroatoms. The van der Waals surface area contributed by atoms with Gasteiger partial charge < -0.3 is 11.1 Å². The van der Waals surface area contributed by atoms with Gasteiger partial charge in [0.2, 0.25) is 10.0 Å². The van der Waals surface area contributed by atoms with E-state index in [2.05, 4.69) is 42.1 Å². The normalized spacial score (nSPS) is 11.3. The largest absolute Gasteiger partial charge is 0.393 e. The smallest absolute Gasteiger partial charge is 0.269 e. The molecule has 1 aromatic heterocycles. The highest BCUT2D eigenvalue weighted by atomic mass is 79.9. The van der Waals surface area contributed by atoms with Gasteiger partial charge in [0.25, 0.3) is 5.91 Å². The molecule has 10 nitrogen and oxygen atoms in total. The van der Waals surface area contributed by atoms with Crippen molar-refractivity contribution in [1.82, 2.24) is 19.7 Å². The Kier molecular flexibility index (Phi) is 7.84. The van der Waals surface area contributed by atoms with Crippen molar-refractivity contribution < 1.29 is 13.2 Å². The number of rotatable bonds is 9. The highest BCUT2D eigenvalue weighted by Crippen LogP contribution is 2.26. The van der Waals surface area contributed by atoms with Gasteiger partial charge in [0, 0.05) is 28.8 Å². The van der Waals surface area contributed by atoms with E-state index in [4.69, 9.17) is 5.73 Å². The summed E-state index contributed by atoms with van der Waals surface area (Å²) in [6, 6.07) is 13.1. The average Bonchev–Trinajstić information content (AvgIpc) is 2.81. The van der Waals surface area contributed by atoms with Crippen LogP contribution >= 0.6 is 15.9 Å². The first kappa shape index (κ1) is 24.4. The van der Waals surface area contributed by atoms with Crippen LogP contribution in [0.5, 0.6) is 0 Å². The molecule has 3 aromatic rings. The Labute approximate surface area is 200 Å². The minimum atomic E-state index is -3.54. The molecule has 5 N–H and O–H groups in total. The Balaban J connectivity index is 1.70. The summed E-state index contributed by atoms with van der Waals surface area (Å²) >= 11 is 3.32. The van der Waals surface area contributed by atoms with Gasteiger partial charge in [-0.3, -0.25) is 15.6 Å². The number of hydrogen-bond acceptors (Lipinski definition) is 8. The molecule has 2 aromatic carbocycles. The SMILES string of the molecule is CCN(CC)S(=O)(=O)c1ccc(Nc2ncnc(NNC(=O)c3ccc(Br)cc3)c2N)cc1. The molecule has 0 aliphatic heterocycles. The van der Waals surface area contributed by atoms with Crippen molar-refractivity contribution in [2.75, 3.05) is 29.6 Å². The van der Waals surface area contributed by atoms with Crippen LogP contribution in [0.15, 0.2) is 64.2 Å². The number of nitrogens with one attached hydrogen (secondary N) is 3. The highest BCUT2D eigenvalue weighted by molar-refractivity contribution is 9.10. The number of amides is 1. The van der Waals surface area contributed by atoms with Gasteiger partial charge in [0.15, 0.2) is 11.6 Å². The number of carbonyl (C=O) groups excluding carboxylic acids is 1. The van der Waals surface area contributed by atoms with Gasteiger partial charge in [-0.15, -0.1) is 0 Å². The van der Waals surface area contributed by atoms with Crippen molar-refractivity contribution in [3.63, 3.8) is 0 Å². The van der Waals surface area contributed by atoms with Gasteiger partial charge in [-0.25, -0.2) is 18.4 Å². The number of anilines is 4. The fourth-order valence-electron chi connectivity index (χ4n) is 2.94. The predicted octanol–water partition coefficient (Wildman–Crippen LogP) is 3.35. The monoisotopic (exact) mass is 533 g/mol. The van der Waals surface area contributed by atoms with Crippen molar-refractivity contribution in [2.45, 2.75) is 18.7 Å². The number of halogens is 1. The van der Waals surface area contributed by atoms with Crippen LogP contribution in [0.2, 0.25) is 0 Å². The van der Waals surface area contributed by atoms with Crippen molar-refractivity contribution in [2.24, 2.45) is 0 Å². The van der Waals surface area contributed by atoms with Crippen LogP contribution in [0.3, 0.4) is 0 Å². The predicted molar refractivity (Wildman–Crippen MR) is 132 cm³/mol. The van der Waals surface area contributed by atoms with Gasteiger partial charge in [-0.1, -0.05) is 29.8 Å². The fraction of sp³-hybridized carbons (Fsp3) is 0.190. The first-order valence-electron chi connectivity index (χ1n) is 10.1. The number of nitrogen functional groups attached to an aromatic ring is 1. The lowest BCUT2D eigenvalue weighted by Gasteiger charge is -2.18. The minimum Gasteiger partial charge on any atom is -0.393 e. The number of aromatic nitrogens is 2. The molecule has 0 atom stereocenters. The second-order valence-corrected chi connectivity index (χ2v) is 9.66. The van der Waals surface area contributed by atoms with Gasteiger partial charge in [0.05, 0.1) is 4.90 Å². The summed E-state index contributed by atoms with van der Waals surface area (Å²) in [7, 11) is -3.54. The van der Waals surface area contributed by atoms with Crippen LogP contribution in [-0.4, -0.2) is 41.7 Å². The van der Waals surface area contributed by atoms with Gasteiger partial charge in [0.1, 0.15) is 12.0 Å². The number of sulfonamides is 1. The van der Waals surface area contributed by atoms with E-state index in [1.807, 2.05) is 0 Å². The van der Waals surface area contributed by atoms with E-state index in [0.717, 1.165) is 4.47 Å². The lowest BCUT2D eigenvalue weighted by atomic mass is 10.2. The third-order valence-corrected chi connectivity index (χ3v) is 7.34. The van der Waals surface area contributed by atoms with Crippen LogP contribution in [0.4, 0.5) is 23.0 Å². The first-order chi connectivity index (χ1) is 15.8. The molecule has 0 fully saturated rings. The van der Waals surface area contributed by atoms with Gasteiger partial charge in [-0.05, 0) is 48.5 Å². The summed E-state index contributed by atoms with van der Waals surface area (Å²) in [5.41, 5.74) is 12.6. The number of hydrogen-bond donors (Lipinski definition) is 4. The summed E-state index contributed by atoms with van der Waals surface area (Å²) in [5.74, 6) is 0.142. The second-order valence-electron chi connectivity index (χ2n) is 6.81. The maximum absolute atomic E-state index is 12.6. The number of nitrogens with zero attached hydrogens (tertiary/aromatic N) is 3. The molecule has 0 unspecified atom stereocenters. The molecule has 0 bridgehead atoms. The zero-order chi connectivity index (χ0) is 24.0. The molecule has 0 radical (unpaired) electrons. The van der Waals surface area contributed by atoms with Crippen molar-refractivity contribution >= 4 is 54.9 Å². The van der Waals surface area contributed by atoms with E-state index in [1.54, 1.807) is 50.2 Å². The van der Waals surface area contributed by atoms with E-state index in [0.29, 0.717) is 30.2 Å². The number of carbonyl (C=O) groups is 1. The molecule has 174 valence electrons.